The number of hydrogen-bond acceptors (Lipinski definition) is 3. The summed E-state index contributed by atoms with van der Waals surface area (Å²) in [4.78, 5) is 15.5. The average molecular weight is 227 g/mol. The third-order valence-electron chi connectivity index (χ3n) is 2.68. The van der Waals surface area contributed by atoms with Crippen LogP contribution in [0.3, 0.4) is 0 Å². The highest BCUT2D eigenvalue weighted by Crippen LogP contribution is 2.21. The van der Waals surface area contributed by atoms with Gasteiger partial charge in [0, 0.05) is 11.0 Å². The summed E-state index contributed by atoms with van der Waals surface area (Å²) < 4.78 is 0. The zero-order valence-electron chi connectivity index (χ0n) is 9.55. The molecule has 0 aliphatic rings. The van der Waals surface area contributed by atoms with Crippen LogP contribution in [0.25, 0.3) is 10.9 Å². The van der Waals surface area contributed by atoms with E-state index in [-0.39, 0.29) is 11.4 Å². The van der Waals surface area contributed by atoms with Crippen LogP contribution < -0.4 is 0 Å². The Hall–Kier alpha value is -2.00. The number of aliphatic hydroxyl groups excluding tert-OH is 1. The fourth-order valence-electron chi connectivity index (χ4n) is 1.61. The van der Waals surface area contributed by atoms with E-state index in [1.807, 2.05) is 30.3 Å². The van der Waals surface area contributed by atoms with E-state index in [1.54, 1.807) is 6.07 Å². The SMILES string of the molecule is C=C(C(C)=O)C(O)c1ccc2ccccc2n1. The van der Waals surface area contributed by atoms with Gasteiger partial charge in [-0.1, -0.05) is 30.8 Å². The van der Waals surface area contributed by atoms with Crippen molar-refractivity contribution in [2.24, 2.45) is 0 Å². The molecular formula is C14H13NO2. The lowest BCUT2D eigenvalue weighted by Gasteiger charge is -2.11. The minimum absolute atomic E-state index is 0.160. The number of pyridine rings is 1. The lowest BCUT2D eigenvalue weighted by Crippen LogP contribution is -2.09. The van der Waals surface area contributed by atoms with E-state index in [1.165, 1.54) is 6.92 Å². The van der Waals surface area contributed by atoms with Gasteiger partial charge in [0.25, 0.3) is 0 Å². The Morgan fingerprint density at radius 1 is 1.29 bits per heavy atom. The van der Waals surface area contributed by atoms with Crippen LogP contribution in [0, 0.1) is 0 Å². The Kier molecular flexibility index (Phi) is 3.02. The number of carbonyl (C=O) groups excluding carboxylic acids is 1. The summed E-state index contributed by atoms with van der Waals surface area (Å²) >= 11 is 0. The Balaban J connectivity index is 2.43. The van der Waals surface area contributed by atoms with Gasteiger partial charge in [0.05, 0.1) is 11.2 Å². The molecule has 2 rings (SSSR count). The molecule has 1 aromatic carbocycles. The molecule has 3 nitrogen and oxygen atoms in total. The van der Waals surface area contributed by atoms with Crippen LogP contribution in [0.1, 0.15) is 18.7 Å². The van der Waals surface area contributed by atoms with Crippen LogP contribution in [0.2, 0.25) is 0 Å². The fraction of sp³-hybridized carbons (Fsp3) is 0.143. The molecule has 0 radical (unpaired) electrons. The second-order valence-electron chi connectivity index (χ2n) is 3.91. The molecule has 0 aliphatic heterocycles. The summed E-state index contributed by atoms with van der Waals surface area (Å²) in [6, 6.07) is 11.2. The molecular weight excluding hydrogens is 214 g/mol. The molecule has 0 spiro atoms. The van der Waals surface area contributed by atoms with Crippen molar-refractivity contribution in [1.29, 1.82) is 0 Å². The van der Waals surface area contributed by atoms with Crippen LogP contribution >= 0.6 is 0 Å². The van der Waals surface area contributed by atoms with Crippen molar-refractivity contribution in [2.45, 2.75) is 13.0 Å². The van der Waals surface area contributed by atoms with Gasteiger partial charge in [-0.25, -0.2) is 4.98 Å². The van der Waals surface area contributed by atoms with Crippen molar-refractivity contribution < 1.29 is 9.90 Å². The van der Waals surface area contributed by atoms with Crippen molar-refractivity contribution in [3.63, 3.8) is 0 Å². The van der Waals surface area contributed by atoms with Crippen molar-refractivity contribution in [1.82, 2.24) is 4.98 Å². The number of ketones is 1. The molecule has 0 saturated carbocycles. The molecule has 17 heavy (non-hydrogen) atoms. The second kappa shape index (κ2) is 4.47. The first kappa shape index (κ1) is 11.5. The van der Waals surface area contributed by atoms with Gasteiger partial charge in [0.15, 0.2) is 5.78 Å². The molecule has 1 unspecified atom stereocenters. The molecule has 1 N–H and O–H groups in total. The lowest BCUT2D eigenvalue weighted by molar-refractivity contribution is -0.114. The summed E-state index contributed by atoms with van der Waals surface area (Å²) in [6.45, 7) is 4.95. The molecule has 1 heterocycles. The number of Topliss-reactive ketones (excluding diaryl/α,β-unsaturated/α-hetero) is 1. The van der Waals surface area contributed by atoms with Crippen LogP contribution in [0.5, 0.6) is 0 Å². The van der Waals surface area contributed by atoms with Crippen LogP contribution in [0.4, 0.5) is 0 Å². The number of aromatic nitrogens is 1. The number of para-hydroxylation sites is 1. The van der Waals surface area contributed by atoms with E-state index in [4.69, 9.17) is 0 Å². The number of aliphatic hydroxyl groups is 1. The molecule has 1 aromatic heterocycles. The zero-order chi connectivity index (χ0) is 12.4. The molecule has 0 bridgehead atoms. The van der Waals surface area contributed by atoms with Gasteiger partial charge in [-0.05, 0) is 19.1 Å². The van der Waals surface area contributed by atoms with E-state index in [2.05, 4.69) is 11.6 Å². The first-order chi connectivity index (χ1) is 8.09. The maximum absolute atomic E-state index is 11.1. The molecule has 2 aromatic rings. The third kappa shape index (κ3) is 2.24. The van der Waals surface area contributed by atoms with Gasteiger partial charge in [-0.2, -0.15) is 0 Å². The predicted molar refractivity (Wildman–Crippen MR) is 66.5 cm³/mol. The Bertz CT molecular complexity index is 590. The topological polar surface area (TPSA) is 50.2 Å². The van der Waals surface area contributed by atoms with Gasteiger partial charge < -0.3 is 5.11 Å². The summed E-state index contributed by atoms with van der Waals surface area (Å²) in [5, 5.41) is 10.9. The van der Waals surface area contributed by atoms with Crippen LogP contribution in [-0.4, -0.2) is 15.9 Å². The highest BCUT2D eigenvalue weighted by molar-refractivity contribution is 5.93. The summed E-state index contributed by atoms with van der Waals surface area (Å²) in [6.07, 6.45) is -1.03. The number of hydrogen-bond donors (Lipinski definition) is 1. The monoisotopic (exact) mass is 227 g/mol. The van der Waals surface area contributed by atoms with Crippen LogP contribution in [0.15, 0.2) is 48.6 Å². The lowest BCUT2D eigenvalue weighted by atomic mass is 10.0. The minimum Gasteiger partial charge on any atom is -0.382 e. The van der Waals surface area contributed by atoms with Gasteiger partial charge in [0.1, 0.15) is 6.10 Å². The Morgan fingerprint density at radius 3 is 2.71 bits per heavy atom. The highest BCUT2D eigenvalue weighted by atomic mass is 16.3. The molecule has 0 saturated heterocycles. The fourth-order valence-corrected chi connectivity index (χ4v) is 1.61. The summed E-state index contributed by atoms with van der Waals surface area (Å²) in [5.74, 6) is -0.229. The quantitative estimate of drug-likeness (QED) is 0.819. The second-order valence-corrected chi connectivity index (χ2v) is 3.91. The minimum atomic E-state index is -1.03. The number of benzene rings is 1. The van der Waals surface area contributed by atoms with E-state index in [9.17, 15) is 9.90 Å². The largest absolute Gasteiger partial charge is 0.382 e. The maximum atomic E-state index is 11.1. The van der Waals surface area contributed by atoms with Gasteiger partial charge >= 0.3 is 0 Å². The van der Waals surface area contributed by atoms with E-state index < -0.39 is 6.10 Å². The standard InChI is InChI=1S/C14H13NO2/c1-9(10(2)16)14(17)13-8-7-11-5-3-4-6-12(11)15-13/h3-8,14,17H,1H2,2H3. The first-order valence-electron chi connectivity index (χ1n) is 5.33. The van der Waals surface area contributed by atoms with E-state index >= 15 is 0 Å². The molecule has 0 fully saturated rings. The van der Waals surface area contributed by atoms with Gasteiger partial charge in [-0.3, -0.25) is 4.79 Å². The smallest absolute Gasteiger partial charge is 0.158 e. The molecule has 0 aliphatic carbocycles. The highest BCUT2D eigenvalue weighted by Gasteiger charge is 2.16. The van der Waals surface area contributed by atoms with E-state index in [0.29, 0.717) is 5.69 Å². The molecule has 1 atom stereocenters. The van der Waals surface area contributed by atoms with E-state index in [0.717, 1.165) is 10.9 Å². The van der Waals surface area contributed by atoms with Crippen molar-refractivity contribution in [2.75, 3.05) is 0 Å². The van der Waals surface area contributed by atoms with Crippen LogP contribution in [-0.2, 0) is 4.79 Å². The third-order valence-corrected chi connectivity index (χ3v) is 2.68. The van der Waals surface area contributed by atoms with Gasteiger partial charge in [-0.15, -0.1) is 0 Å². The number of fused-ring (bicyclic) bond motifs is 1. The number of rotatable bonds is 3. The van der Waals surface area contributed by atoms with Crippen molar-refractivity contribution in [3.05, 3.63) is 54.2 Å². The Morgan fingerprint density at radius 2 is 2.00 bits per heavy atom. The van der Waals surface area contributed by atoms with Gasteiger partial charge in [0.2, 0.25) is 0 Å². The normalized spacial score (nSPS) is 12.4. The summed E-state index contributed by atoms with van der Waals surface area (Å²) in [5.41, 5.74) is 1.40. The number of nitrogens with zero attached hydrogens (tertiary/aromatic N) is 1. The zero-order valence-corrected chi connectivity index (χ0v) is 9.55. The number of carbonyl (C=O) groups is 1. The molecule has 0 amide bonds. The summed E-state index contributed by atoms with van der Waals surface area (Å²) in [7, 11) is 0. The van der Waals surface area contributed by atoms with Crippen molar-refractivity contribution in [3.8, 4) is 0 Å². The Labute approximate surface area is 99.4 Å². The first-order valence-corrected chi connectivity index (χ1v) is 5.33. The molecule has 86 valence electrons. The predicted octanol–water partition coefficient (Wildman–Crippen LogP) is 2.41. The van der Waals surface area contributed by atoms with Crippen molar-refractivity contribution >= 4 is 16.7 Å². The molecule has 3 heteroatoms. The average Bonchev–Trinajstić information content (AvgIpc) is 2.36. The maximum Gasteiger partial charge on any atom is 0.158 e.